The maximum Gasteiger partial charge on any atom is 0.508 e. The van der Waals surface area contributed by atoms with Crippen molar-refractivity contribution in [2.24, 2.45) is 5.41 Å². The van der Waals surface area contributed by atoms with Crippen LogP contribution in [-0.2, 0) is 33.4 Å². The minimum absolute atomic E-state index is 0.0391. The van der Waals surface area contributed by atoms with Crippen LogP contribution in [0.4, 0.5) is 4.79 Å². The first-order valence-corrected chi connectivity index (χ1v) is 11.5. The van der Waals surface area contributed by atoms with Crippen molar-refractivity contribution in [1.82, 2.24) is 5.32 Å². The molecule has 0 aromatic rings. The van der Waals surface area contributed by atoms with Crippen molar-refractivity contribution in [3.05, 3.63) is 0 Å². The molecule has 0 spiro atoms. The van der Waals surface area contributed by atoms with E-state index < -0.39 is 57.3 Å². The van der Waals surface area contributed by atoms with Gasteiger partial charge in [-0.25, -0.2) is 9.59 Å². The third kappa shape index (κ3) is 8.99. The SMILES string of the molecule is CCC(OC(=O)OC(C)C)C(OS(=O)(=O)CCCNC(C)=O)C(C)(C)[C@@](C)(O)C(=O)O. The molecular formula is C19H35NO10S. The lowest BCUT2D eigenvalue weighted by Gasteiger charge is -2.44. The van der Waals surface area contributed by atoms with E-state index in [9.17, 15) is 33.0 Å². The van der Waals surface area contributed by atoms with E-state index in [4.69, 9.17) is 13.7 Å². The third-order valence-electron chi connectivity index (χ3n) is 4.90. The minimum Gasteiger partial charge on any atom is -0.479 e. The molecule has 0 aliphatic rings. The molecule has 0 aromatic heterocycles. The standard InChI is InChI=1S/C19H35NO10S/c1-8-14(29-17(24)28-12(2)3)15(18(5,6)19(7,25)16(22)23)30-31(26,27)11-9-10-20-13(4)21/h12,14-15,25H,8-11H2,1-7H3,(H,20,21)(H,22,23)/t14?,15?,19-/m0/s1. The van der Waals surface area contributed by atoms with E-state index in [1.807, 2.05) is 0 Å². The van der Waals surface area contributed by atoms with Gasteiger partial charge in [0.1, 0.15) is 12.2 Å². The summed E-state index contributed by atoms with van der Waals surface area (Å²) in [7, 11) is -4.25. The molecule has 0 heterocycles. The monoisotopic (exact) mass is 469 g/mol. The summed E-state index contributed by atoms with van der Waals surface area (Å²) in [6.07, 6.45) is -4.27. The maximum absolute atomic E-state index is 12.6. The molecule has 0 aromatic carbocycles. The van der Waals surface area contributed by atoms with Gasteiger partial charge < -0.3 is 25.0 Å². The molecule has 0 fully saturated rings. The number of hydrogen-bond acceptors (Lipinski definition) is 9. The van der Waals surface area contributed by atoms with Crippen LogP contribution in [0.25, 0.3) is 0 Å². The molecule has 11 nitrogen and oxygen atoms in total. The molecule has 12 heteroatoms. The van der Waals surface area contributed by atoms with Crippen molar-refractivity contribution in [2.75, 3.05) is 12.3 Å². The highest BCUT2D eigenvalue weighted by atomic mass is 32.2. The first-order chi connectivity index (χ1) is 14.0. The lowest BCUT2D eigenvalue weighted by atomic mass is 9.70. The molecule has 3 N–H and O–H groups in total. The molecule has 182 valence electrons. The fourth-order valence-corrected chi connectivity index (χ4v) is 3.90. The average Bonchev–Trinajstić information content (AvgIpc) is 2.60. The molecule has 31 heavy (non-hydrogen) atoms. The van der Waals surface area contributed by atoms with Crippen LogP contribution in [-0.4, -0.2) is 72.9 Å². The van der Waals surface area contributed by atoms with Gasteiger partial charge in [-0.15, -0.1) is 0 Å². The molecule has 0 bridgehead atoms. The average molecular weight is 470 g/mol. The quantitative estimate of drug-likeness (QED) is 0.204. The smallest absolute Gasteiger partial charge is 0.479 e. The van der Waals surface area contributed by atoms with E-state index in [-0.39, 0.29) is 25.3 Å². The topological polar surface area (TPSA) is 166 Å². The van der Waals surface area contributed by atoms with Gasteiger partial charge in [-0.1, -0.05) is 20.8 Å². The molecule has 0 rings (SSSR count). The molecule has 0 aliphatic heterocycles. The van der Waals surface area contributed by atoms with Crippen LogP contribution < -0.4 is 5.32 Å². The highest BCUT2D eigenvalue weighted by Crippen LogP contribution is 2.40. The number of nitrogens with one attached hydrogen (secondary N) is 1. The normalized spacial score (nSPS) is 16.2. The molecule has 0 saturated heterocycles. The fourth-order valence-electron chi connectivity index (χ4n) is 2.62. The van der Waals surface area contributed by atoms with Gasteiger partial charge in [0, 0.05) is 18.9 Å². The Hall–Kier alpha value is -1.92. The Morgan fingerprint density at radius 2 is 1.65 bits per heavy atom. The van der Waals surface area contributed by atoms with E-state index in [0.717, 1.165) is 6.92 Å². The van der Waals surface area contributed by atoms with Crippen LogP contribution in [0.5, 0.6) is 0 Å². The molecule has 3 atom stereocenters. The summed E-state index contributed by atoms with van der Waals surface area (Å²) in [4.78, 5) is 34.6. The van der Waals surface area contributed by atoms with Gasteiger partial charge in [0.05, 0.1) is 11.9 Å². The highest BCUT2D eigenvalue weighted by molar-refractivity contribution is 7.86. The second-order valence-electron chi connectivity index (χ2n) is 8.20. The van der Waals surface area contributed by atoms with Gasteiger partial charge in [-0.05, 0) is 33.6 Å². The summed E-state index contributed by atoms with van der Waals surface area (Å²) >= 11 is 0. The zero-order valence-electron chi connectivity index (χ0n) is 19.1. The molecule has 0 saturated carbocycles. The van der Waals surface area contributed by atoms with Gasteiger partial charge >= 0.3 is 12.1 Å². The van der Waals surface area contributed by atoms with Gasteiger partial charge in [0.25, 0.3) is 10.1 Å². The number of carboxylic acids is 1. The Morgan fingerprint density at radius 3 is 2.06 bits per heavy atom. The van der Waals surface area contributed by atoms with Gasteiger partial charge in [0.2, 0.25) is 5.91 Å². The summed E-state index contributed by atoms with van der Waals surface area (Å²) < 4.78 is 40.6. The predicted octanol–water partition coefficient (Wildman–Crippen LogP) is 1.43. The number of carbonyl (C=O) groups excluding carboxylic acids is 2. The number of aliphatic carboxylic acids is 1. The van der Waals surface area contributed by atoms with E-state index in [1.54, 1.807) is 20.8 Å². The lowest BCUT2D eigenvalue weighted by molar-refractivity contribution is -0.186. The summed E-state index contributed by atoms with van der Waals surface area (Å²) in [6, 6.07) is 0. The molecular weight excluding hydrogens is 434 g/mol. The van der Waals surface area contributed by atoms with Gasteiger partial charge in [-0.2, -0.15) is 8.42 Å². The Balaban J connectivity index is 5.89. The van der Waals surface area contributed by atoms with Crippen molar-refractivity contribution in [3.8, 4) is 0 Å². The number of carbonyl (C=O) groups is 3. The highest BCUT2D eigenvalue weighted by Gasteiger charge is 2.55. The van der Waals surface area contributed by atoms with Crippen molar-refractivity contribution in [3.63, 3.8) is 0 Å². The molecule has 1 amide bonds. The van der Waals surface area contributed by atoms with E-state index in [1.165, 1.54) is 20.8 Å². The van der Waals surface area contributed by atoms with Crippen LogP contribution >= 0.6 is 0 Å². The minimum atomic E-state index is -4.25. The second kappa shape index (κ2) is 11.6. The number of ether oxygens (including phenoxy) is 2. The van der Waals surface area contributed by atoms with Crippen molar-refractivity contribution >= 4 is 28.1 Å². The zero-order chi connectivity index (χ0) is 24.6. The van der Waals surface area contributed by atoms with E-state index >= 15 is 0 Å². The van der Waals surface area contributed by atoms with Gasteiger partial charge in [-0.3, -0.25) is 8.98 Å². The molecule has 2 unspecified atom stereocenters. The Labute approximate surface area is 183 Å². The van der Waals surface area contributed by atoms with Crippen LogP contribution in [0.1, 0.15) is 61.3 Å². The van der Waals surface area contributed by atoms with Crippen molar-refractivity contribution in [1.29, 1.82) is 0 Å². The summed E-state index contributed by atoms with van der Waals surface area (Å²) in [5.74, 6) is -2.41. The zero-order valence-corrected chi connectivity index (χ0v) is 19.9. The van der Waals surface area contributed by atoms with Crippen molar-refractivity contribution in [2.45, 2.75) is 85.2 Å². The first kappa shape index (κ1) is 29.1. The number of carboxylic acid groups (broad SMARTS) is 1. The summed E-state index contributed by atoms with van der Waals surface area (Å²) in [5, 5.41) is 22.5. The molecule has 0 aliphatic carbocycles. The number of rotatable bonds is 13. The largest absolute Gasteiger partial charge is 0.508 e. The van der Waals surface area contributed by atoms with Crippen molar-refractivity contribution < 1.29 is 46.7 Å². The van der Waals surface area contributed by atoms with E-state index in [0.29, 0.717) is 0 Å². The lowest BCUT2D eigenvalue weighted by Crippen LogP contribution is -2.59. The van der Waals surface area contributed by atoms with E-state index in [2.05, 4.69) is 5.32 Å². The summed E-state index contributed by atoms with van der Waals surface area (Å²) in [5.41, 5.74) is -4.15. The van der Waals surface area contributed by atoms with Crippen LogP contribution in [0.15, 0.2) is 0 Å². The Morgan fingerprint density at radius 1 is 1.10 bits per heavy atom. The Bertz CT molecular complexity index is 730. The Kier molecular flexibility index (Phi) is 10.9. The first-order valence-electron chi connectivity index (χ1n) is 9.96. The van der Waals surface area contributed by atoms with Crippen LogP contribution in [0.2, 0.25) is 0 Å². The predicted molar refractivity (Wildman–Crippen MR) is 111 cm³/mol. The third-order valence-corrected chi connectivity index (χ3v) is 6.19. The van der Waals surface area contributed by atoms with Crippen LogP contribution in [0.3, 0.4) is 0 Å². The van der Waals surface area contributed by atoms with Crippen LogP contribution in [0, 0.1) is 5.41 Å². The summed E-state index contributed by atoms with van der Waals surface area (Å²) in [6.45, 7) is 9.76. The number of amides is 1. The van der Waals surface area contributed by atoms with Gasteiger partial charge in [0.15, 0.2) is 5.60 Å². The number of hydrogen-bond donors (Lipinski definition) is 3. The fraction of sp³-hybridized carbons (Fsp3) is 0.842. The molecule has 0 radical (unpaired) electrons. The maximum atomic E-state index is 12.6. The second-order valence-corrected chi connectivity index (χ2v) is 9.91. The number of aliphatic hydroxyl groups is 1.